The highest BCUT2D eigenvalue weighted by molar-refractivity contribution is 5.99. The molecule has 0 saturated heterocycles. The van der Waals surface area contributed by atoms with Crippen LogP contribution in [0.3, 0.4) is 0 Å². The maximum atomic E-state index is 12.3. The Kier molecular flexibility index (Phi) is 7.34. The Morgan fingerprint density at radius 2 is 1.89 bits per heavy atom. The van der Waals surface area contributed by atoms with Crippen molar-refractivity contribution in [1.82, 2.24) is 15.6 Å². The first-order chi connectivity index (χ1) is 12.9. The van der Waals surface area contributed by atoms with Gasteiger partial charge in [0.25, 0.3) is 5.91 Å². The number of hydrogen-bond acceptors (Lipinski definition) is 3. The number of carbonyl (C=O) groups is 2. The summed E-state index contributed by atoms with van der Waals surface area (Å²) in [7, 11) is 0. The fraction of sp³-hybridized carbons (Fsp3) is 0.381. The molecule has 0 bridgehead atoms. The highest BCUT2D eigenvalue weighted by atomic mass is 16.2. The van der Waals surface area contributed by atoms with Crippen molar-refractivity contribution in [2.24, 2.45) is 5.92 Å². The lowest BCUT2D eigenvalue weighted by Crippen LogP contribution is -2.37. The van der Waals surface area contributed by atoms with E-state index < -0.39 is 0 Å². The number of rotatable bonds is 7. The summed E-state index contributed by atoms with van der Waals surface area (Å²) in [6, 6.07) is 8.83. The molecular weight excluding hydrogens is 340 g/mol. The lowest BCUT2D eigenvalue weighted by atomic mass is 10.1. The third-order valence-corrected chi connectivity index (χ3v) is 4.14. The minimum atomic E-state index is -0.297. The predicted molar refractivity (Wildman–Crippen MR) is 108 cm³/mol. The molecule has 2 aromatic rings. The van der Waals surface area contributed by atoms with Crippen LogP contribution in [0.1, 0.15) is 42.3 Å². The number of aromatic nitrogens is 1. The van der Waals surface area contributed by atoms with Crippen molar-refractivity contribution in [2.75, 3.05) is 11.9 Å². The van der Waals surface area contributed by atoms with Gasteiger partial charge in [-0.2, -0.15) is 0 Å². The van der Waals surface area contributed by atoms with Gasteiger partial charge in [-0.25, -0.2) is 4.79 Å². The number of amides is 3. The molecule has 1 atom stereocenters. The topological polar surface area (TPSA) is 83.1 Å². The summed E-state index contributed by atoms with van der Waals surface area (Å²) in [5.41, 5.74) is 2.99. The molecule has 144 valence electrons. The maximum absolute atomic E-state index is 12.3. The van der Waals surface area contributed by atoms with Crippen LogP contribution in [0.5, 0.6) is 0 Å². The van der Waals surface area contributed by atoms with Crippen LogP contribution in [0.4, 0.5) is 10.5 Å². The molecule has 0 fully saturated rings. The molecule has 1 heterocycles. The van der Waals surface area contributed by atoms with E-state index in [2.05, 4.69) is 20.9 Å². The van der Waals surface area contributed by atoms with Crippen LogP contribution in [-0.4, -0.2) is 29.5 Å². The number of benzene rings is 1. The summed E-state index contributed by atoms with van der Waals surface area (Å²) >= 11 is 0. The van der Waals surface area contributed by atoms with Gasteiger partial charge in [-0.15, -0.1) is 0 Å². The predicted octanol–water partition coefficient (Wildman–Crippen LogP) is 3.53. The second kappa shape index (κ2) is 9.71. The highest BCUT2D eigenvalue weighted by Crippen LogP contribution is 2.19. The third kappa shape index (κ3) is 6.40. The molecule has 0 spiro atoms. The van der Waals surface area contributed by atoms with Crippen LogP contribution in [0.2, 0.25) is 0 Å². The molecule has 1 aromatic carbocycles. The Balaban J connectivity index is 1.97. The third-order valence-electron chi connectivity index (χ3n) is 4.14. The van der Waals surface area contributed by atoms with Gasteiger partial charge in [0.2, 0.25) is 0 Å². The van der Waals surface area contributed by atoms with Crippen LogP contribution in [0.25, 0.3) is 0 Å². The van der Waals surface area contributed by atoms with Crippen molar-refractivity contribution in [3.8, 4) is 0 Å². The molecule has 0 radical (unpaired) electrons. The number of carbonyl (C=O) groups excluding carboxylic acids is 2. The molecule has 0 aliphatic rings. The van der Waals surface area contributed by atoms with Crippen LogP contribution in [-0.2, 0) is 6.42 Å². The fourth-order valence-electron chi connectivity index (χ4n) is 2.71. The van der Waals surface area contributed by atoms with Gasteiger partial charge >= 0.3 is 6.03 Å². The molecule has 6 heteroatoms. The van der Waals surface area contributed by atoms with E-state index in [1.54, 1.807) is 30.6 Å². The normalized spacial score (nSPS) is 11.7. The lowest BCUT2D eigenvalue weighted by Gasteiger charge is -2.17. The first-order valence-corrected chi connectivity index (χ1v) is 9.21. The molecule has 6 nitrogen and oxygen atoms in total. The van der Waals surface area contributed by atoms with Crippen molar-refractivity contribution in [3.05, 3.63) is 59.4 Å². The van der Waals surface area contributed by atoms with Gasteiger partial charge in [0.15, 0.2) is 0 Å². The van der Waals surface area contributed by atoms with Crippen molar-refractivity contribution in [3.63, 3.8) is 0 Å². The van der Waals surface area contributed by atoms with Gasteiger partial charge in [0.1, 0.15) is 0 Å². The van der Waals surface area contributed by atoms with E-state index in [4.69, 9.17) is 0 Å². The zero-order valence-corrected chi connectivity index (χ0v) is 16.4. The molecule has 0 aliphatic heterocycles. The monoisotopic (exact) mass is 368 g/mol. The summed E-state index contributed by atoms with van der Waals surface area (Å²) in [6.45, 7) is 8.47. The second-order valence-corrected chi connectivity index (χ2v) is 7.15. The Labute approximate surface area is 160 Å². The summed E-state index contributed by atoms with van der Waals surface area (Å²) in [5, 5.41) is 8.66. The van der Waals surface area contributed by atoms with Gasteiger partial charge in [0, 0.05) is 36.2 Å². The smallest absolute Gasteiger partial charge is 0.319 e. The number of nitrogens with zero attached hydrogens (tertiary/aromatic N) is 1. The summed E-state index contributed by atoms with van der Waals surface area (Å²) in [4.78, 5) is 28.7. The van der Waals surface area contributed by atoms with Crippen LogP contribution in [0.15, 0.2) is 42.7 Å². The minimum absolute atomic E-state index is 0.0490. The molecular formula is C21H28N4O2. The van der Waals surface area contributed by atoms with E-state index in [9.17, 15) is 9.59 Å². The maximum Gasteiger partial charge on any atom is 0.319 e. The Morgan fingerprint density at radius 1 is 1.11 bits per heavy atom. The Hall–Kier alpha value is -2.89. The van der Waals surface area contributed by atoms with E-state index in [1.807, 2.05) is 39.8 Å². The SMILES string of the molecule is Cc1c(NC(=O)N[C@@H](C)Cc2cccnc2)cccc1C(=O)NCC(C)C. The van der Waals surface area contributed by atoms with Crippen molar-refractivity contribution < 1.29 is 9.59 Å². The number of anilines is 1. The molecule has 0 saturated carbocycles. The largest absolute Gasteiger partial charge is 0.352 e. The first-order valence-electron chi connectivity index (χ1n) is 9.21. The molecule has 27 heavy (non-hydrogen) atoms. The van der Waals surface area contributed by atoms with E-state index in [-0.39, 0.29) is 18.0 Å². The van der Waals surface area contributed by atoms with Crippen LogP contribution in [0, 0.1) is 12.8 Å². The van der Waals surface area contributed by atoms with Gasteiger partial charge in [-0.05, 0) is 55.5 Å². The summed E-state index contributed by atoms with van der Waals surface area (Å²) in [6.07, 6.45) is 4.21. The second-order valence-electron chi connectivity index (χ2n) is 7.15. The van der Waals surface area contributed by atoms with Crippen LogP contribution < -0.4 is 16.0 Å². The molecule has 0 aliphatic carbocycles. The standard InChI is InChI=1S/C21H28N4O2/c1-14(2)12-23-20(26)18-8-5-9-19(16(18)4)25-21(27)24-15(3)11-17-7-6-10-22-13-17/h5-10,13-15H,11-12H2,1-4H3,(H,23,26)(H2,24,25,27)/t15-/m0/s1. The van der Waals surface area contributed by atoms with E-state index in [0.29, 0.717) is 30.1 Å². The van der Waals surface area contributed by atoms with Crippen molar-refractivity contribution in [2.45, 2.75) is 40.2 Å². The molecule has 0 unspecified atom stereocenters. The molecule has 3 amide bonds. The minimum Gasteiger partial charge on any atom is -0.352 e. The highest BCUT2D eigenvalue weighted by Gasteiger charge is 2.14. The van der Waals surface area contributed by atoms with Crippen molar-refractivity contribution >= 4 is 17.6 Å². The van der Waals surface area contributed by atoms with Gasteiger partial charge in [-0.1, -0.05) is 26.0 Å². The Morgan fingerprint density at radius 3 is 2.56 bits per heavy atom. The van der Waals surface area contributed by atoms with Crippen LogP contribution >= 0.6 is 0 Å². The molecule has 1 aromatic heterocycles. The lowest BCUT2D eigenvalue weighted by molar-refractivity contribution is 0.0948. The fourth-order valence-corrected chi connectivity index (χ4v) is 2.71. The van der Waals surface area contributed by atoms with E-state index in [1.165, 1.54) is 0 Å². The molecule has 2 rings (SSSR count). The van der Waals surface area contributed by atoms with Gasteiger partial charge in [-0.3, -0.25) is 9.78 Å². The quantitative estimate of drug-likeness (QED) is 0.699. The van der Waals surface area contributed by atoms with E-state index in [0.717, 1.165) is 11.1 Å². The summed E-state index contributed by atoms with van der Waals surface area (Å²) < 4.78 is 0. The number of urea groups is 1. The van der Waals surface area contributed by atoms with E-state index >= 15 is 0 Å². The first kappa shape index (κ1) is 20.4. The van der Waals surface area contributed by atoms with Gasteiger partial charge in [0.05, 0.1) is 0 Å². The zero-order valence-electron chi connectivity index (χ0n) is 16.4. The van der Waals surface area contributed by atoms with Gasteiger partial charge < -0.3 is 16.0 Å². The average molecular weight is 368 g/mol. The summed E-state index contributed by atoms with van der Waals surface area (Å²) in [5.74, 6) is 0.248. The molecule has 3 N–H and O–H groups in total. The number of pyridine rings is 1. The average Bonchev–Trinajstić information content (AvgIpc) is 2.62. The zero-order chi connectivity index (χ0) is 19.8. The van der Waals surface area contributed by atoms with Crippen molar-refractivity contribution in [1.29, 1.82) is 0 Å². The number of nitrogens with one attached hydrogen (secondary N) is 3. The number of hydrogen-bond donors (Lipinski definition) is 3. The Bertz CT molecular complexity index is 775.